The summed E-state index contributed by atoms with van der Waals surface area (Å²) < 4.78 is 6.82. The van der Waals surface area contributed by atoms with E-state index in [-0.39, 0.29) is 0 Å². The van der Waals surface area contributed by atoms with Gasteiger partial charge in [-0.15, -0.1) is 0 Å². The van der Waals surface area contributed by atoms with Crippen LogP contribution < -0.4 is 10.1 Å². The SMILES string of the molecule is Brc1ccc(OCc2ccc(C3=NCCCN3)cc2)cc1. The number of hydrogen-bond donors (Lipinski definition) is 1. The number of nitrogens with zero attached hydrogens (tertiary/aromatic N) is 1. The minimum absolute atomic E-state index is 0.571. The Kier molecular flexibility index (Phi) is 4.55. The molecule has 3 nitrogen and oxygen atoms in total. The van der Waals surface area contributed by atoms with Crippen LogP contribution in [0.3, 0.4) is 0 Å². The first-order valence-electron chi connectivity index (χ1n) is 7.07. The summed E-state index contributed by atoms with van der Waals surface area (Å²) in [7, 11) is 0. The first kappa shape index (κ1) is 14.1. The molecule has 108 valence electrons. The lowest BCUT2D eigenvalue weighted by Gasteiger charge is -2.15. The lowest BCUT2D eigenvalue weighted by Crippen LogP contribution is -2.30. The minimum Gasteiger partial charge on any atom is -0.489 e. The van der Waals surface area contributed by atoms with Gasteiger partial charge < -0.3 is 10.1 Å². The molecule has 2 aromatic rings. The second kappa shape index (κ2) is 6.76. The molecular weight excluding hydrogens is 328 g/mol. The number of benzene rings is 2. The van der Waals surface area contributed by atoms with Crippen LogP contribution in [0.25, 0.3) is 0 Å². The summed E-state index contributed by atoms with van der Waals surface area (Å²) in [4.78, 5) is 4.50. The zero-order chi connectivity index (χ0) is 14.5. The van der Waals surface area contributed by atoms with Crippen molar-refractivity contribution >= 4 is 21.8 Å². The third kappa shape index (κ3) is 3.85. The number of halogens is 1. The van der Waals surface area contributed by atoms with Gasteiger partial charge in [0, 0.05) is 23.1 Å². The van der Waals surface area contributed by atoms with Crippen LogP contribution in [0.5, 0.6) is 5.75 Å². The molecule has 0 amide bonds. The molecule has 0 radical (unpaired) electrons. The van der Waals surface area contributed by atoms with Crippen molar-refractivity contribution in [1.82, 2.24) is 5.32 Å². The van der Waals surface area contributed by atoms with E-state index in [1.165, 1.54) is 0 Å². The average Bonchev–Trinajstić information content (AvgIpc) is 2.56. The molecule has 0 fully saturated rings. The van der Waals surface area contributed by atoms with Gasteiger partial charge in [0.2, 0.25) is 0 Å². The zero-order valence-electron chi connectivity index (χ0n) is 11.7. The van der Waals surface area contributed by atoms with Gasteiger partial charge in [0.1, 0.15) is 18.2 Å². The second-order valence-corrected chi connectivity index (χ2v) is 5.87. The third-order valence-corrected chi connectivity index (χ3v) is 3.87. The quantitative estimate of drug-likeness (QED) is 0.915. The maximum Gasteiger partial charge on any atom is 0.128 e. The predicted molar refractivity (Wildman–Crippen MR) is 88.9 cm³/mol. The monoisotopic (exact) mass is 344 g/mol. The molecule has 1 heterocycles. The Morgan fingerprint density at radius 3 is 2.48 bits per heavy atom. The molecule has 0 aliphatic carbocycles. The molecule has 1 N–H and O–H groups in total. The largest absolute Gasteiger partial charge is 0.489 e. The van der Waals surface area contributed by atoms with E-state index in [1.54, 1.807) is 0 Å². The van der Waals surface area contributed by atoms with Crippen LogP contribution in [0.2, 0.25) is 0 Å². The first-order chi connectivity index (χ1) is 10.3. The lowest BCUT2D eigenvalue weighted by atomic mass is 10.1. The summed E-state index contributed by atoms with van der Waals surface area (Å²) in [6.45, 7) is 2.49. The van der Waals surface area contributed by atoms with Crippen molar-refractivity contribution in [1.29, 1.82) is 0 Å². The Bertz CT molecular complexity index is 620. The third-order valence-electron chi connectivity index (χ3n) is 3.34. The van der Waals surface area contributed by atoms with E-state index in [0.717, 1.165) is 46.7 Å². The summed E-state index contributed by atoms with van der Waals surface area (Å²) >= 11 is 3.41. The van der Waals surface area contributed by atoms with E-state index in [0.29, 0.717) is 6.61 Å². The standard InChI is InChI=1S/C17H17BrN2O/c18-15-6-8-16(9-7-15)21-12-13-2-4-14(5-3-13)17-19-10-1-11-20-17/h2-9H,1,10-12H2,(H,19,20). The van der Waals surface area contributed by atoms with Crippen molar-refractivity contribution in [2.75, 3.05) is 13.1 Å². The van der Waals surface area contributed by atoms with Gasteiger partial charge in [0.05, 0.1) is 0 Å². The number of ether oxygens (including phenoxy) is 1. The molecule has 4 heteroatoms. The molecule has 0 aromatic heterocycles. The summed E-state index contributed by atoms with van der Waals surface area (Å²) in [5.41, 5.74) is 2.29. The Morgan fingerprint density at radius 2 is 1.81 bits per heavy atom. The van der Waals surface area contributed by atoms with Crippen LogP contribution in [-0.2, 0) is 6.61 Å². The highest BCUT2D eigenvalue weighted by Gasteiger charge is 2.06. The molecule has 3 rings (SSSR count). The minimum atomic E-state index is 0.571. The lowest BCUT2D eigenvalue weighted by molar-refractivity contribution is 0.306. The van der Waals surface area contributed by atoms with Crippen LogP contribution in [0.1, 0.15) is 17.5 Å². The number of nitrogens with one attached hydrogen (secondary N) is 1. The zero-order valence-corrected chi connectivity index (χ0v) is 13.3. The molecule has 0 saturated heterocycles. The van der Waals surface area contributed by atoms with Gasteiger partial charge in [-0.1, -0.05) is 40.2 Å². The average molecular weight is 345 g/mol. The molecular formula is C17H17BrN2O. The van der Waals surface area contributed by atoms with Gasteiger partial charge in [-0.25, -0.2) is 0 Å². The summed E-state index contributed by atoms with van der Waals surface area (Å²) in [6.07, 6.45) is 1.11. The number of amidine groups is 1. The summed E-state index contributed by atoms with van der Waals surface area (Å²) in [6, 6.07) is 16.2. The number of hydrogen-bond acceptors (Lipinski definition) is 3. The highest BCUT2D eigenvalue weighted by Crippen LogP contribution is 2.17. The molecule has 0 atom stereocenters. The highest BCUT2D eigenvalue weighted by molar-refractivity contribution is 9.10. The normalized spacial score (nSPS) is 14.2. The van der Waals surface area contributed by atoms with Crippen LogP contribution in [0.4, 0.5) is 0 Å². The van der Waals surface area contributed by atoms with E-state index in [4.69, 9.17) is 4.74 Å². The molecule has 1 aliphatic rings. The maximum atomic E-state index is 5.77. The molecule has 1 aliphatic heterocycles. The Hall–Kier alpha value is -1.81. The van der Waals surface area contributed by atoms with Gasteiger partial charge in [0.25, 0.3) is 0 Å². The Balaban J connectivity index is 1.61. The number of rotatable bonds is 4. The maximum absolute atomic E-state index is 5.77. The van der Waals surface area contributed by atoms with E-state index in [1.807, 2.05) is 24.3 Å². The van der Waals surface area contributed by atoms with Crippen molar-refractivity contribution in [3.05, 3.63) is 64.1 Å². The van der Waals surface area contributed by atoms with Gasteiger partial charge in [0.15, 0.2) is 0 Å². The predicted octanol–water partition coefficient (Wildman–Crippen LogP) is 3.77. The van der Waals surface area contributed by atoms with Crippen molar-refractivity contribution in [2.24, 2.45) is 4.99 Å². The smallest absolute Gasteiger partial charge is 0.128 e. The van der Waals surface area contributed by atoms with Gasteiger partial charge in [-0.05, 0) is 36.2 Å². The fraction of sp³-hybridized carbons (Fsp3) is 0.235. The first-order valence-corrected chi connectivity index (χ1v) is 7.86. The van der Waals surface area contributed by atoms with E-state index in [9.17, 15) is 0 Å². The molecule has 0 saturated carbocycles. The summed E-state index contributed by atoms with van der Waals surface area (Å²) in [5, 5.41) is 3.33. The second-order valence-electron chi connectivity index (χ2n) is 4.95. The molecule has 0 unspecified atom stereocenters. The van der Waals surface area contributed by atoms with Crippen LogP contribution in [0.15, 0.2) is 58.0 Å². The van der Waals surface area contributed by atoms with Crippen molar-refractivity contribution in [2.45, 2.75) is 13.0 Å². The molecule has 2 aromatic carbocycles. The fourth-order valence-electron chi connectivity index (χ4n) is 2.18. The summed E-state index contributed by atoms with van der Waals surface area (Å²) in [5.74, 6) is 1.88. The Morgan fingerprint density at radius 1 is 1.05 bits per heavy atom. The highest BCUT2D eigenvalue weighted by atomic mass is 79.9. The van der Waals surface area contributed by atoms with Crippen molar-refractivity contribution in [3.63, 3.8) is 0 Å². The molecule has 0 spiro atoms. The fourth-order valence-corrected chi connectivity index (χ4v) is 2.45. The van der Waals surface area contributed by atoms with Crippen molar-refractivity contribution < 1.29 is 4.74 Å². The van der Waals surface area contributed by atoms with E-state index >= 15 is 0 Å². The van der Waals surface area contributed by atoms with Gasteiger partial charge in [-0.2, -0.15) is 0 Å². The van der Waals surface area contributed by atoms with Crippen LogP contribution >= 0.6 is 15.9 Å². The topological polar surface area (TPSA) is 33.6 Å². The molecule has 0 bridgehead atoms. The van der Waals surface area contributed by atoms with E-state index < -0.39 is 0 Å². The Labute approximate surface area is 133 Å². The number of aliphatic imine (C=N–C) groups is 1. The van der Waals surface area contributed by atoms with Crippen molar-refractivity contribution in [3.8, 4) is 5.75 Å². The van der Waals surface area contributed by atoms with Gasteiger partial charge in [-0.3, -0.25) is 4.99 Å². The van der Waals surface area contributed by atoms with E-state index in [2.05, 4.69) is 50.5 Å². The van der Waals surface area contributed by atoms with Crippen LogP contribution in [0, 0.1) is 0 Å². The molecule has 21 heavy (non-hydrogen) atoms. The van der Waals surface area contributed by atoms with Gasteiger partial charge >= 0.3 is 0 Å². The van der Waals surface area contributed by atoms with Crippen LogP contribution in [-0.4, -0.2) is 18.9 Å².